The van der Waals surface area contributed by atoms with Crippen LogP contribution in [0.5, 0.6) is 0 Å². The van der Waals surface area contributed by atoms with Gasteiger partial charge in [0, 0.05) is 38.2 Å². The van der Waals surface area contributed by atoms with Gasteiger partial charge in [-0.15, -0.1) is 0 Å². The molecular weight excluding hydrogens is 445 g/mol. The molecule has 4 rings (SSSR count). The summed E-state index contributed by atoms with van der Waals surface area (Å²) in [6.07, 6.45) is -2.40. The third kappa shape index (κ3) is 5.61. The Kier molecular flexibility index (Phi) is 7.32. The first kappa shape index (κ1) is 23.8. The van der Waals surface area contributed by atoms with Crippen LogP contribution in [0.1, 0.15) is 15.9 Å². The summed E-state index contributed by atoms with van der Waals surface area (Å²) in [7, 11) is 0. The highest BCUT2D eigenvalue weighted by molar-refractivity contribution is 6.05. The molecule has 2 amide bonds. The Morgan fingerprint density at radius 2 is 1.46 bits per heavy atom. The summed E-state index contributed by atoms with van der Waals surface area (Å²) in [6.45, 7) is 7.84. The molecule has 6 nitrogen and oxygen atoms in total. The lowest BCUT2D eigenvalue weighted by Crippen LogP contribution is -2.53. The van der Waals surface area contributed by atoms with Crippen LogP contribution in [-0.4, -0.2) is 59.7 Å². The minimum atomic E-state index is -2.23. The van der Waals surface area contributed by atoms with Crippen molar-refractivity contribution in [3.05, 3.63) is 101 Å². The van der Waals surface area contributed by atoms with E-state index < -0.39 is 17.9 Å². The first-order chi connectivity index (χ1) is 17.0. The van der Waals surface area contributed by atoms with Crippen molar-refractivity contribution in [3.63, 3.8) is 0 Å². The van der Waals surface area contributed by atoms with Crippen molar-refractivity contribution < 1.29 is 18.8 Å². The molecule has 3 aromatic carbocycles. The second kappa shape index (κ2) is 10.7. The van der Waals surface area contributed by atoms with Gasteiger partial charge in [-0.1, -0.05) is 72.8 Å². The molecule has 7 heteroatoms. The molecule has 0 radical (unpaired) electrons. The van der Waals surface area contributed by atoms with Crippen LogP contribution >= 0.6 is 0 Å². The molecule has 0 spiro atoms. The van der Waals surface area contributed by atoms with Gasteiger partial charge >= 0.3 is 0 Å². The number of carbonyl (C=O) groups excluding carboxylic acids is 3. The average molecular weight is 470 g/mol. The van der Waals surface area contributed by atoms with Crippen LogP contribution in [0.4, 0.5) is 10.1 Å². The molecule has 0 saturated carbocycles. The van der Waals surface area contributed by atoms with E-state index in [-0.39, 0.29) is 38.5 Å². The molecule has 176 valence electrons. The highest BCUT2D eigenvalue weighted by Gasteiger charge is 2.33. The lowest BCUT2D eigenvalue weighted by molar-refractivity contribution is -0.143. The SMILES string of the molecule is [C-]#[N+]c1cccc(C(=O)N2CCN(C(=O)C(F)C(=O)Cc3ccc(-c4ccccc4)cc3)CC2)c1. The number of hydrogen-bond donors (Lipinski definition) is 0. The van der Waals surface area contributed by atoms with Crippen molar-refractivity contribution in [3.8, 4) is 11.1 Å². The van der Waals surface area contributed by atoms with Crippen molar-refractivity contribution in [1.82, 2.24) is 9.80 Å². The second-order valence-corrected chi connectivity index (χ2v) is 8.35. The van der Waals surface area contributed by atoms with Gasteiger partial charge in [0.25, 0.3) is 11.8 Å². The summed E-state index contributed by atoms with van der Waals surface area (Å²) in [5.41, 5.74) is 3.44. The number of rotatable bonds is 6. The van der Waals surface area contributed by atoms with Gasteiger partial charge < -0.3 is 9.80 Å². The molecule has 1 aliphatic heterocycles. The smallest absolute Gasteiger partial charge is 0.265 e. The predicted octanol–water partition coefficient (Wildman–Crippen LogP) is 4.34. The lowest BCUT2D eigenvalue weighted by atomic mass is 10.0. The minimum Gasteiger partial charge on any atom is -0.336 e. The Morgan fingerprint density at radius 3 is 2.11 bits per heavy atom. The zero-order chi connectivity index (χ0) is 24.8. The monoisotopic (exact) mass is 469 g/mol. The van der Waals surface area contributed by atoms with E-state index in [4.69, 9.17) is 6.57 Å². The van der Waals surface area contributed by atoms with Crippen molar-refractivity contribution in [2.75, 3.05) is 26.2 Å². The van der Waals surface area contributed by atoms with Gasteiger partial charge in [0.1, 0.15) is 0 Å². The fraction of sp³-hybridized carbons (Fsp3) is 0.214. The first-order valence-electron chi connectivity index (χ1n) is 11.3. The molecule has 1 saturated heterocycles. The fourth-order valence-electron chi connectivity index (χ4n) is 4.06. The number of halogens is 1. The van der Waals surface area contributed by atoms with Crippen LogP contribution in [0.25, 0.3) is 16.0 Å². The van der Waals surface area contributed by atoms with E-state index in [0.717, 1.165) is 11.1 Å². The van der Waals surface area contributed by atoms with E-state index >= 15 is 0 Å². The lowest BCUT2D eigenvalue weighted by Gasteiger charge is -2.35. The fourth-order valence-corrected chi connectivity index (χ4v) is 4.06. The maximum Gasteiger partial charge on any atom is 0.265 e. The van der Waals surface area contributed by atoms with Crippen LogP contribution in [0.3, 0.4) is 0 Å². The van der Waals surface area contributed by atoms with Crippen molar-refractivity contribution in [2.45, 2.75) is 12.6 Å². The molecule has 0 aliphatic carbocycles. The molecule has 1 heterocycles. The van der Waals surface area contributed by atoms with Gasteiger partial charge in [0.2, 0.25) is 6.17 Å². The molecule has 0 N–H and O–H groups in total. The minimum absolute atomic E-state index is 0.145. The Balaban J connectivity index is 1.30. The maximum absolute atomic E-state index is 14.8. The maximum atomic E-state index is 14.8. The topological polar surface area (TPSA) is 62.1 Å². The van der Waals surface area contributed by atoms with Crippen molar-refractivity contribution in [1.29, 1.82) is 0 Å². The van der Waals surface area contributed by atoms with Crippen LogP contribution < -0.4 is 0 Å². The van der Waals surface area contributed by atoms with Crippen LogP contribution in [0.15, 0.2) is 78.9 Å². The molecule has 1 fully saturated rings. The molecule has 0 bridgehead atoms. The second-order valence-electron chi connectivity index (χ2n) is 8.35. The number of amides is 2. The summed E-state index contributed by atoms with van der Waals surface area (Å²) in [5.74, 6) is -1.88. The van der Waals surface area contributed by atoms with Gasteiger partial charge in [-0.25, -0.2) is 9.24 Å². The predicted molar refractivity (Wildman–Crippen MR) is 131 cm³/mol. The third-order valence-electron chi connectivity index (χ3n) is 6.04. The van der Waals surface area contributed by atoms with Crippen molar-refractivity contribution >= 4 is 23.3 Å². The summed E-state index contributed by atoms with van der Waals surface area (Å²) >= 11 is 0. The number of carbonyl (C=O) groups is 3. The van der Waals surface area contributed by atoms with E-state index in [1.165, 1.54) is 11.0 Å². The van der Waals surface area contributed by atoms with E-state index in [1.54, 1.807) is 35.2 Å². The van der Waals surface area contributed by atoms with E-state index in [0.29, 0.717) is 16.8 Å². The zero-order valence-corrected chi connectivity index (χ0v) is 19.1. The summed E-state index contributed by atoms with van der Waals surface area (Å²) < 4.78 is 14.8. The molecule has 1 unspecified atom stereocenters. The Labute approximate surface area is 203 Å². The van der Waals surface area contributed by atoms with Gasteiger partial charge in [-0.05, 0) is 22.8 Å². The standard InChI is InChI=1S/C28H24FN3O3/c1-30-24-9-5-8-23(19-24)27(34)31-14-16-32(17-15-31)28(35)26(29)25(33)18-20-10-12-22(13-11-20)21-6-3-2-4-7-21/h2-13,19,26H,14-18H2. The highest BCUT2D eigenvalue weighted by Crippen LogP contribution is 2.20. The molecule has 1 aliphatic rings. The molecular formula is C28H24FN3O3. The van der Waals surface area contributed by atoms with Gasteiger partial charge in [-0.3, -0.25) is 14.4 Å². The average Bonchev–Trinajstić information content (AvgIpc) is 2.92. The summed E-state index contributed by atoms with van der Waals surface area (Å²) in [6, 6.07) is 23.5. The largest absolute Gasteiger partial charge is 0.336 e. The molecule has 35 heavy (non-hydrogen) atoms. The molecule has 0 aromatic heterocycles. The normalized spacial score (nSPS) is 14.2. The first-order valence-corrected chi connectivity index (χ1v) is 11.3. The number of nitrogens with zero attached hydrogens (tertiary/aromatic N) is 3. The van der Waals surface area contributed by atoms with Crippen LogP contribution in [-0.2, 0) is 16.0 Å². The zero-order valence-electron chi connectivity index (χ0n) is 19.1. The van der Waals surface area contributed by atoms with Gasteiger partial charge in [-0.2, -0.15) is 0 Å². The Hall–Kier alpha value is -4.31. The van der Waals surface area contributed by atoms with E-state index in [2.05, 4.69) is 4.85 Å². The third-order valence-corrected chi connectivity index (χ3v) is 6.04. The summed E-state index contributed by atoms with van der Waals surface area (Å²) in [5, 5.41) is 0. The summed E-state index contributed by atoms with van der Waals surface area (Å²) in [4.78, 5) is 43.9. The number of benzene rings is 3. The molecule has 3 aromatic rings. The highest BCUT2D eigenvalue weighted by atomic mass is 19.1. The van der Waals surface area contributed by atoms with E-state index in [1.807, 2.05) is 42.5 Å². The van der Waals surface area contributed by atoms with Crippen LogP contribution in [0, 0.1) is 6.57 Å². The number of ketones is 1. The van der Waals surface area contributed by atoms with Crippen LogP contribution in [0.2, 0.25) is 0 Å². The number of piperazine rings is 1. The van der Waals surface area contributed by atoms with Crippen molar-refractivity contribution in [2.24, 2.45) is 0 Å². The Morgan fingerprint density at radius 1 is 0.829 bits per heavy atom. The van der Waals surface area contributed by atoms with E-state index in [9.17, 15) is 18.8 Å². The van der Waals surface area contributed by atoms with Gasteiger partial charge in [0.05, 0.1) is 6.57 Å². The van der Waals surface area contributed by atoms with Gasteiger partial charge in [0.15, 0.2) is 11.5 Å². The quantitative estimate of drug-likeness (QED) is 0.399. The molecule has 1 atom stereocenters. The number of Topliss-reactive ketones (excluding diaryl/α,β-unsaturated/α-hetero) is 1. The number of alkyl halides is 1. The number of hydrogen-bond acceptors (Lipinski definition) is 3. The Bertz CT molecular complexity index is 1260.